The average molecular weight is 398 g/mol. The number of methoxy groups -OCH3 is 1. The number of amides is 1. The van der Waals surface area contributed by atoms with Crippen molar-refractivity contribution >= 4 is 17.2 Å². The normalized spacial score (nSPS) is 15.0. The first kappa shape index (κ1) is 18.7. The van der Waals surface area contributed by atoms with E-state index in [-0.39, 0.29) is 5.91 Å². The van der Waals surface area contributed by atoms with Gasteiger partial charge in [-0.05, 0) is 42.6 Å². The van der Waals surface area contributed by atoms with Gasteiger partial charge in [0.1, 0.15) is 11.5 Å². The fraction of sp³-hybridized carbons (Fsp3) is 0.333. The molecule has 0 saturated carbocycles. The maximum Gasteiger partial charge on any atom is 0.253 e. The number of piperazine rings is 1. The first-order valence-electron chi connectivity index (χ1n) is 9.30. The van der Waals surface area contributed by atoms with E-state index in [1.807, 2.05) is 53.6 Å². The topological polar surface area (TPSA) is 58.8 Å². The SMILES string of the molecule is COc1ccc(C(=O)N2CCN(Cc3nc(-c4cccs4)oc3C)CC2)cc1. The first-order chi connectivity index (χ1) is 13.6. The Balaban J connectivity index is 1.35. The first-order valence-corrected chi connectivity index (χ1v) is 10.2. The second-order valence-electron chi connectivity index (χ2n) is 6.80. The lowest BCUT2D eigenvalue weighted by molar-refractivity contribution is 0.0626. The third-order valence-corrected chi connectivity index (χ3v) is 5.85. The number of carbonyl (C=O) groups is 1. The molecule has 0 bridgehead atoms. The molecule has 2 aromatic heterocycles. The molecule has 6 nitrogen and oxygen atoms in total. The quantitative estimate of drug-likeness (QED) is 0.657. The predicted octanol–water partition coefficient (Wildman–Crippen LogP) is 3.68. The number of thiophene rings is 1. The lowest BCUT2D eigenvalue weighted by Crippen LogP contribution is -2.48. The number of hydrogen-bond acceptors (Lipinski definition) is 6. The summed E-state index contributed by atoms with van der Waals surface area (Å²) in [6.45, 7) is 5.76. The van der Waals surface area contributed by atoms with Crippen LogP contribution in [0.25, 0.3) is 10.8 Å². The molecule has 7 heteroatoms. The van der Waals surface area contributed by atoms with Gasteiger partial charge in [-0.15, -0.1) is 11.3 Å². The third kappa shape index (κ3) is 3.95. The van der Waals surface area contributed by atoms with E-state index >= 15 is 0 Å². The van der Waals surface area contributed by atoms with E-state index in [4.69, 9.17) is 9.15 Å². The second-order valence-corrected chi connectivity index (χ2v) is 7.74. The molecule has 1 aromatic carbocycles. The smallest absolute Gasteiger partial charge is 0.253 e. The van der Waals surface area contributed by atoms with Crippen molar-refractivity contribution in [3.63, 3.8) is 0 Å². The van der Waals surface area contributed by atoms with E-state index < -0.39 is 0 Å². The van der Waals surface area contributed by atoms with Crippen molar-refractivity contribution < 1.29 is 13.9 Å². The Kier molecular flexibility index (Phi) is 5.45. The Morgan fingerprint density at radius 1 is 1.18 bits per heavy atom. The number of hydrogen-bond donors (Lipinski definition) is 0. The molecule has 3 heterocycles. The van der Waals surface area contributed by atoms with E-state index in [0.717, 1.165) is 41.7 Å². The molecule has 0 unspecified atom stereocenters. The molecule has 0 spiro atoms. The number of carbonyl (C=O) groups excluding carboxylic acids is 1. The van der Waals surface area contributed by atoms with Gasteiger partial charge in [0.05, 0.1) is 17.7 Å². The summed E-state index contributed by atoms with van der Waals surface area (Å²) in [4.78, 5) is 22.6. The summed E-state index contributed by atoms with van der Waals surface area (Å²) in [5, 5.41) is 2.02. The van der Waals surface area contributed by atoms with Gasteiger partial charge in [0.15, 0.2) is 0 Å². The molecule has 1 aliphatic heterocycles. The molecule has 0 N–H and O–H groups in total. The van der Waals surface area contributed by atoms with Crippen LogP contribution < -0.4 is 4.74 Å². The minimum absolute atomic E-state index is 0.0694. The molecule has 1 fully saturated rings. The van der Waals surface area contributed by atoms with Gasteiger partial charge >= 0.3 is 0 Å². The Morgan fingerprint density at radius 2 is 1.93 bits per heavy atom. The molecule has 1 aliphatic rings. The van der Waals surface area contributed by atoms with E-state index in [1.165, 1.54) is 0 Å². The van der Waals surface area contributed by atoms with Crippen molar-refractivity contribution in [2.75, 3.05) is 33.3 Å². The largest absolute Gasteiger partial charge is 0.497 e. The van der Waals surface area contributed by atoms with E-state index in [2.05, 4.69) is 9.88 Å². The van der Waals surface area contributed by atoms with Crippen molar-refractivity contribution in [2.45, 2.75) is 13.5 Å². The minimum atomic E-state index is 0.0694. The predicted molar refractivity (Wildman–Crippen MR) is 109 cm³/mol. The molecular weight excluding hydrogens is 374 g/mol. The van der Waals surface area contributed by atoms with Crippen LogP contribution in [0, 0.1) is 6.92 Å². The van der Waals surface area contributed by atoms with Crippen LogP contribution in [0.15, 0.2) is 46.2 Å². The maximum atomic E-state index is 12.7. The number of aryl methyl sites for hydroxylation is 1. The lowest BCUT2D eigenvalue weighted by Gasteiger charge is -2.34. The van der Waals surface area contributed by atoms with Crippen molar-refractivity contribution in [3.8, 4) is 16.5 Å². The number of aromatic nitrogens is 1. The summed E-state index contributed by atoms with van der Waals surface area (Å²) in [6.07, 6.45) is 0. The van der Waals surface area contributed by atoms with Gasteiger partial charge in [0, 0.05) is 38.3 Å². The van der Waals surface area contributed by atoms with Gasteiger partial charge in [-0.1, -0.05) is 6.07 Å². The summed E-state index contributed by atoms with van der Waals surface area (Å²) >= 11 is 1.63. The Morgan fingerprint density at radius 3 is 2.57 bits per heavy atom. The fourth-order valence-electron chi connectivity index (χ4n) is 3.32. The highest BCUT2D eigenvalue weighted by Gasteiger charge is 2.24. The standard InChI is InChI=1S/C21H23N3O3S/c1-15-18(22-20(27-15)19-4-3-13-28-19)14-23-9-11-24(12-10-23)21(25)16-5-7-17(26-2)8-6-16/h3-8,13H,9-12,14H2,1-2H3. The van der Waals surface area contributed by atoms with Crippen LogP contribution in [0.4, 0.5) is 0 Å². The summed E-state index contributed by atoms with van der Waals surface area (Å²) in [7, 11) is 1.62. The van der Waals surface area contributed by atoms with Crippen LogP contribution in [0.1, 0.15) is 21.8 Å². The molecule has 1 amide bonds. The Labute approximate surface area is 168 Å². The highest BCUT2D eigenvalue weighted by Crippen LogP contribution is 2.26. The van der Waals surface area contributed by atoms with Crippen LogP contribution >= 0.6 is 11.3 Å². The molecular formula is C21H23N3O3S. The Hall–Kier alpha value is -2.64. The van der Waals surface area contributed by atoms with Crippen LogP contribution in [-0.2, 0) is 6.54 Å². The molecule has 4 rings (SSSR count). The highest BCUT2D eigenvalue weighted by molar-refractivity contribution is 7.13. The molecule has 0 atom stereocenters. The molecule has 3 aromatic rings. The van der Waals surface area contributed by atoms with Gasteiger partial charge in [-0.25, -0.2) is 4.98 Å². The lowest BCUT2D eigenvalue weighted by atomic mass is 10.1. The van der Waals surface area contributed by atoms with Crippen molar-refractivity contribution in [1.29, 1.82) is 0 Å². The van der Waals surface area contributed by atoms with Gasteiger partial charge in [-0.2, -0.15) is 0 Å². The minimum Gasteiger partial charge on any atom is -0.497 e. The molecule has 0 aliphatic carbocycles. The van der Waals surface area contributed by atoms with Crippen LogP contribution in [0.2, 0.25) is 0 Å². The molecule has 28 heavy (non-hydrogen) atoms. The van der Waals surface area contributed by atoms with Gasteiger partial charge in [0.2, 0.25) is 5.89 Å². The number of rotatable bonds is 5. The molecule has 0 radical (unpaired) electrons. The summed E-state index contributed by atoms with van der Waals surface area (Å²) < 4.78 is 11.0. The summed E-state index contributed by atoms with van der Waals surface area (Å²) in [5.41, 5.74) is 1.67. The third-order valence-electron chi connectivity index (χ3n) is 4.99. The van der Waals surface area contributed by atoms with Crippen molar-refractivity contribution in [2.24, 2.45) is 0 Å². The summed E-state index contributed by atoms with van der Waals surface area (Å²) in [6, 6.07) is 11.3. The highest BCUT2D eigenvalue weighted by atomic mass is 32.1. The maximum absolute atomic E-state index is 12.7. The van der Waals surface area contributed by atoms with Crippen LogP contribution in [0.3, 0.4) is 0 Å². The number of oxazole rings is 1. The van der Waals surface area contributed by atoms with Gasteiger partial charge in [0.25, 0.3) is 5.91 Å². The van der Waals surface area contributed by atoms with Gasteiger partial charge < -0.3 is 14.1 Å². The van der Waals surface area contributed by atoms with Gasteiger partial charge in [-0.3, -0.25) is 9.69 Å². The number of ether oxygens (including phenoxy) is 1. The Bertz CT molecular complexity index is 926. The van der Waals surface area contributed by atoms with Crippen molar-refractivity contribution in [1.82, 2.24) is 14.8 Å². The second kappa shape index (κ2) is 8.16. The van der Waals surface area contributed by atoms with Crippen molar-refractivity contribution in [3.05, 3.63) is 58.8 Å². The monoisotopic (exact) mass is 397 g/mol. The molecule has 146 valence electrons. The zero-order chi connectivity index (χ0) is 19.5. The zero-order valence-corrected chi connectivity index (χ0v) is 16.9. The average Bonchev–Trinajstić information content (AvgIpc) is 3.38. The van der Waals surface area contributed by atoms with E-state index in [1.54, 1.807) is 18.4 Å². The van der Waals surface area contributed by atoms with Crippen LogP contribution in [-0.4, -0.2) is 54.0 Å². The zero-order valence-electron chi connectivity index (χ0n) is 16.1. The van der Waals surface area contributed by atoms with E-state index in [0.29, 0.717) is 24.5 Å². The van der Waals surface area contributed by atoms with Crippen LogP contribution in [0.5, 0.6) is 5.75 Å². The fourth-order valence-corrected chi connectivity index (χ4v) is 3.97. The molecule has 1 saturated heterocycles. The number of nitrogens with zero attached hydrogens (tertiary/aromatic N) is 3. The number of benzene rings is 1. The van der Waals surface area contributed by atoms with E-state index in [9.17, 15) is 4.79 Å². The summed E-state index contributed by atoms with van der Waals surface area (Å²) in [5.74, 6) is 2.38.